The third-order valence-corrected chi connectivity index (χ3v) is 6.28. The fourth-order valence-corrected chi connectivity index (χ4v) is 4.43. The van der Waals surface area contributed by atoms with Crippen LogP contribution in [-0.2, 0) is 0 Å². The van der Waals surface area contributed by atoms with Gasteiger partial charge in [0.2, 0.25) is 0 Å². The highest BCUT2D eigenvalue weighted by Gasteiger charge is 2.37. The van der Waals surface area contributed by atoms with Crippen LogP contribution >= 0.6 is 22.6 Å². The lowest BCUT2D eigenvalue weighted by Gasteiger charge is -2.44. The highest BCUT2D eigenvalue weighted by molar-refractivity contribution is 14.1. The molecule has 102 valence electrons. The van der Waals surface area contributed by atoms with Gasteiger partial charge in [-0.15, -0.1) is 0 Å². The summed E-state index contributed by atoms with van der Waals surface area (Å²) in [7, 11) is 0. The quantitative estimate of drug-likeness (QED) is 0.394. The van der Waals surface area contributed by atoms with Crippen molar-refractivity contribution in [2.75, 3.05) is 0 Å². The highest BCUT2D eigenvalue weighted by Crippen LogP contribution is 2.47. The molecule has 1 fully saturated rings. The van der Waals surface area contributed by atoms with Crippen molar-refractivity contribution in [1.29, 1.82) is 0 Å². The Bertz CT molecular complexity index is 196. The van der Waals surface area contributed by atoms with Crippen LogP contribution in [0, 0.1) is 17.3 Å². The lowest BCUT2D eigenvalue weighted by molar-refractivity contribution is 0.0722. The van der Waals surface area contributed by atoms with Gasteiger partial charge in [-0.05, 0) is 42.9 Å². The van der Waals surface area contributed by atoms with Crippen molar-refractivity contribution in [2.45, 2.75) is 83.0 Å². The molecule has 0 aromatic rings. The molecule has 0 radical (unpaired) electrons. The van der Waals surface area contributed by atoms with Crippen LogP contribution in [0.25, 0.3) is 0 Å². The second kappa shape index (κ2) is 7.35. The smallest absolute Gasteiger partial charge is 0.0110 e. The van der Waals surface area contributed by atoms with Crippen LogP contribution in [0.4, 0.5) is 0 Å². The van der Waals surface area contributed by atoms with Gasteiger partial charge in [0.25, 0.3) is 0 Å². The van der Waals surface area contributed by atoms with Crippen LogP contribution in [0.5, 0.6) is 0 Å². The van der Waals surface area contributed by atoms with Gasteiger partial charge in [0.15, 0.2) is 0 Å². The van der Waals surface area contributed by atoms with E-state index in [9.17, 15) is 0 Å². The summed E-state index contributed by atoms with van der Waals surface area (Å²) in [6.07, 6.45) is 11.5. The van der Waals surface area contributed by atoms with Gasteiger partial charge in [-0.1, -0.05) is 76.0 Å². The van der Waals surface area contributed by atoms with Gasteiger partial charge in [0, 0.05) is 3.92 Å². The van der Waals surface area contributed by atoms with Crippen molar-refractivity contribution < 1.29 is 0 Å². The summed E-state index contributed by atoms with van der Waals surface area (Å²) in [5, 5.41) is 0. The molecule has 0 nitrogen and oxygen atoms in total. The predicted molar refractivity (Wildman–Crippen MR) is 86.9 cm³/mol. The van der Waals surface area contributed by atoms with Crippen LogP contribution in [0.3, 0.4) is 0 Å². The molecule has 0 spiro atoms. The molecule has 1 aliphatic rings. The molecule has 17 heavy (non-hydrogen) atoms. The molecule has 0 heterocycles. The topological polar surface area (TPSA) is 0 Å². The predicted octanol–water partition coefficient (Wildman–Crippen LogP) is 6.22. The van der Waals surface area contributed by atoms with Crippen molar-refractivity contribution >= 4 is 22.6 Å². The van der Waals surface area contributed by atoms with Crippen molar-refractivity contribution in [3.8, 4) is 0 Å². The summed E-state index contributed by atoms with van der Waals surface area (Å²) in [5.74, 6) is 1.94. The summed E-state index contributed by atoms with van der Waals surface area (Å²) < 4.78 is 0.954. The molecule has 0 atom stereocenters. The Balaban J connectivity index is 2.62. The molecule has 1 aliphatic carbocycles. The van der Waals surface area contributed by atoms with E-state index in [1.807, 2.05) is 0 Å². The number of halogens is 1. The van der Waals surface area contributed by atoms with Gasteiger partial charge in [-0.3, -0.25) is 0 Å². The molecule has 0 unspecified atom stereocenters. The van der Waals surface area contributed by atoms with E-state index in [4.69, 9.17) is 0 Å². The molecule has 0 N–H and O–H groups in total. The lowest BCUT2D eigenvalue weighted by Crippen LogP contribution is -2.35. The van der Waals surface area contributed by atoms with Gasteiger partial charge in [-0.2, -0.15) is 0 Å². The van der Waals surface area contributed by atoms with E-state index < -0.39 is 0 Å². The Kier molecular flexibility index (Phi) is 6.83. The Labute approximate surface area is 122 Å². The Morgan fingerprint density at radius 1 is 1.00 bits per heavy atom. The summed E-state index contributed by atoms with van der Waals surface area (Å²) >= 11 is 2.65. The van der Waals surface area contributed by atoms with Gasteiger partial charge >= 0.3 is 0 Å². The van der Waals surface area contributed by atoms with Crippen LogP contribution in [0.1, 0.15) is 79.1 Å². The first-order valence-electron chi connectivity index (χ1n) is 7.66. The summed E-state index contributed by atoms with van der Waals surface area (Å²) in [4.78, 5) is 0. The van der Waals surface area contributed by atoms with E-state index in [0.29, 0.717) is 5.41 Å². The SMILES string of the molecule is CCCC(CCC)C(C)(C)C1CCC(I)CC1. The van der Waals surface area contributed by atoms with Gasteiger partial charge in [0.1, 0.15) is 0 Å². The van der Waals surface area contributed by atoms with Crippen LogP contribution in [-0.4, -0.2) is 3.92 Å². The normalized spacial score (nSPS) is 26.5. The van der Waals surface area contributed by atoms with Crippen LogP contribution < -0.4 is 0 Å². The number of rotatable bonds is 6. The molecule has 1 saturated carbocycles. The Morgan fingerprint density at radius 3 is 1.88 bits per heavy atom. The van der Waals surface area contributed by atoms with E-state index in [1.165, 1.54) is 51.4 Å². The molecule has 0 saturated heterocycles. The lowest BCUT2D eigenvalue weighted by atomic mass is 9.62. The van der Waals surface area contributed by atoms with Crippen LogP contribution in [0.15, 0.2) is 0 Å². The first-order valence-corrected chi connectivity index (χ1v) is 8.90. The molecule has 0 aromatic carbocycles. The zero-order chi connectivity index (χ0) is 12.9. The van der Waals surface area contributed by atoms with Gasteiger partial charge in [-0.25, -0.2) is 0 Å². The van der Waals surface area contributed by atoms with E-state index in [1.54, 1.807) is 0 Å². The maximum Gasteiger partial charge on any atom is 0.0110 e. The van der Waals surface area contributed by atoms with Crippen molar-refractivity contribution in [2.24, 2.45) is 17.3 Å². The third-order valence-electron chi connectivity index (χ3n) is 5.04. The van der Waals surface area contributed by atoms with E-state index in [-0.39, 0.29) is 0 Å². The minimum atomic E-state index is 0.572. The van der Waals surface area contributed by atoms with Crippen molar-refractivity contribution in [1.82, 2.24) is 0 Å². The maximum atomic E-state index is 2.65. The first kappa shape index (κ1) is 15.8. The Morgan fingerprint density at radius 2 is 1.47 bits per heavy atom. The molecule has 0 bridgehead atoms. The minimum Gasteiger partial charge on any atom is -0.0826 e. The molecule has 0 amide bonds. The average molecular weight is 350 g/mol. The number of alkyl halides is 1. The Hall–Kier alpha value is 0.730. The zero-order valence-electron chi connectivity index (χ0n) is 12.3. The van der Waals surface area contributed by atoms with Gasteiger partial charge < -0.3 is 0 Å². The van der Waals surface area contributed by atoms with Gasteiger partial charge in [0.05, 0.1) is 0 Å². The summed E-state index contributed by atoms with van der Waals surface area (Å²) in [5.41, 5.74) is 0.572. The fraction of sp³-hybridized carbons (Fsp3) is 1.00. The molecular weight excluding hydrogens is 319 g/mol. The standard InChI is InChI=1S/C16H31I/c1-5-7-13(8-6-2)16(3,4)14-9-11-15(17)12-10-14/h13-15H,5-12H2,1-4H3. The number of hydrogen-bond acceptors (Lipinski definition) is 0. The summed E-state index contributed by atoms with van der Waals surface area (Å²) in [6, 6.07) is 0. The number of hydrogen-bond donors (Lipinski definition) is 0. The monoisotopic (exact) mass is 350 g/mol. The average Bonchev–Trinajstić information content (AvgIpc) is 2.29. The van der Waals surface area contributed by atoms with E-state index >= 15 is 0 Å². The maximum absolute atomic E-state index is 2.65. The van der Waals surface area contributed by atoms with Crippen molar-refractivity contribution in [3.63, 3.8) is 0 Å². The second-order valence-electron chi connectivity index (χ2n) is 6.54. The molecule has 1 heteroatoms. The van der Waals surface area contributed by atoms with Crippen LogP contribution in [0.2, 0.25) is 0 Å². The first-order chi connectivity index (χ1) is 8.02. The largest absolute Gasteiger partial charge is 0.0826 e. The minimum absolute atomic E-state index is 0.572. The molecule has 0 aromatic heterocycles. The fourth-order valence-electron chi connectivity index (χ4n) is 3.72. The molecule has 1 rings (SSSR count). The zero-order valence-corrected chi connectivity index (χ0v) is 14.4. The second-order valence-corrected chi connectivity index (χ2v) is 8.31. The van der Waals surface area contributed by atoms with E-state index in [0.717, 1.165) is 15.8 Å². The van der Waals surface area contributed by atoms with E-state index in [2.05, 4.69) is 50.3 Å². The third kappa shape index (κ3) is 4.40. The molecular formula is C16H31I. The molecule has 0 aliphatic heterocycles. The summed E-state index contributed by atoms with van der Waals surface area (Å²) in [6.45, 7) is 9.81. The van der Waals surface area contributed by atoms with Crippen molar-refractivity contribution in [3.05, 3.63) is 0 Å². The highest BCUT2D eigenvalue weighted by atomic mass is 127.